The van der Waals surface area contributed by atoms with Crippen molar-refractivity contribution < 1.29 is 27.4 Å². The first-order chi connectivity index (χ1) is 16.3. The normalized spacial score (nSPS) is 19.9. The van der Waals surface area contributed by atoms with Gasteiger partial charge >= 0.3 is 6.18 Å². The summed E-state index contributed by atoms with van der Waals surface area (Å²) in [7, 11) is 3.11. The fraction of sp³-hybridized carbons (Fsp3) is 0.292. The number of hydrogen-bond donors (Lipinski definition) is 1. The number of anilines is 1. The summed E-state index contributed by atoms with van der Waals surface area (Å²) in [4.78, 5) is 17.7. The highest BCUT2D eigenvalue weighted by atomic mass is 19.4. The van der Waals surface area contributed by atoms with Crippen molar-refractivity contribution in [3.05, 3.63) is 76.8 Å². The van der Waals surface area contributed by atoms with Crippen LogP contribution in [0.4, 0.5) is 19.1 Å². The third-order valence-electron chi connectivity index (χ3n) is 6.29. The van der Waals surface area contributed by atoms with E-state index in [2.05, 4.69) is 15.4 Å². The smallest absolute Gasteiger partial charge is 0.416 e. The van der Waals surface area contributed by atoms with E-state index in [0.29, 0.717) is 40.7 Å². The van der Waals surface area contributed by atoms with Gasteiger partial charge < -0.3 is 14.8 Å². The zero-order chi connectivity index (χ0) is 24.0. The van der Waals surface area contributed by atoms with Crippen LogP contribution in [0, 0.1) is 0 Å². The second-order valence-electron chi connectivity index (χ2n) is 8.21. The minimum Gasteiger partial charge on any atom is -0.493 e. The first kappa shape index (κ1) is 22.0. The molecule has 0 saturated carbocycles. The van der Waals surface area contributed by atoms with Gasteiger partial charge in [0.25, 0.3) is 0 Å². The van der Waals surface area contributed by atoms with Gasteiger partial charge in [-0.25, -0.2) is 4.68 Å². The lowest BCUT2D eigenvalue weighted by atomic mass is 9.78. The van der Waals surface area contributed by atoms with Crippen molar-refractivity contribution in [2.45, 2.75) is 31.0 Å². The molecule has 5 rings (SSSR count). The average Bonchev–Trinajstić information content (AvgIpc) is 3.30. The van der Waals surface area contributed by atoms with Gasteiger partial charge in [-0.1, -0.05) is 18.2 Å². The number of nitrogens with zero attached hydrogens (tertiary/aromatic N) is 3. The van der Waals surface area contributed by atoms with Gasteiger partial charge in [0.05, 0.1) is 19.8 Å². The summed E-state index contributed by atoms with van der Waals surface area (Å²) in [6.07, 6.45) is -2.31. The zero-order valence-electron chi connectivity index (χ0n) is 18.4. The Hall–Kier alpha value is -3.82. The van der Waals surface area contributed by atoms with Gasteiger partial charge in [0.15, 0.2) is 17.3 Å². The summed E-state index contributed by atoms with van der Waals surface area (Å²) in [6.45, 7) is 0. The number of halogens is 3. The number of hydrogen-bond acceptors (Lipinski definition) is 6. The van der Waals surface area contributed by atoms with E-state index in [1.165, 1.54) is 23.1 Å². The highest BCUT2D eigenvalue weighted by Gasteiger charge is 2.40. The number of Topliss-reactive ketones (excluding diaryl/α,β-unsaturated/α-hetero) is 1. The summed E-state index contributed by atoms with van der Waals surface area (Å²) in [6, 6.07) is 9.74. The van der Waals surface area contributed by atoms with Crippen LogP contribution in [0.15, 0.2) is 60.1 Å². The molecule has 0 bridgehead atoms. The number of methoxy groups -OCH3 is 2. The van der Waals surface area contributed by atoms with Crippen molar-refractivity contribution >= 4 is 11.7 Å². The molecule has 1 aliphatic heterocycles. The van der Waals surface area contributed by atoms with E-state index < -0.39 is 17.8 Å². The number of ketones is 1. The number of carbonyl (C=O) groups excluding carboxylic acids is 1. The Morgan fingerprint density at radius 3 is 2.38 bits per heavy atom. The molecule has 0 radical (unpaired) electrons. The highest BCUT2D eigenvalue weighted by molar-refractivity contribution is 6.00. The Bertz CT molecular complexity index is 1280. The maximum atomic E-state index is 13.4. The summed E-state index contributed by atoms with van der Waals surface area (Å²) >= 11 is 0. The minimum absolute atomic E-state index is 0.0976. The van der Waals surface area contributed by atoms with Crippen LogP contribution in [-0.4, -0.2) is 34.8 Å². The molecule has 2 heterocycles. The monoisotopic (exact) mass is 470 g/mol. The minimum atomic E-state index is -4.44. The third-order valence-corrected chi connectivity index (χ3v) is 6.29. The lowest BCUT2D eigenvalue weighted by Crippen LogP contribution is -2.33. The number of alkyl halides is 3. The van der Waals surface area contributed by atoms with E-state index in [-0.39, 0.29) is 18.1 Å². The van der Waals surface area contributed by atoms with Crippen molar-refractivity contribution in [2.24, 2.45) is 0 Å². The Morgan fingerprint density at radius 2 is 1.71 bits per heavy atom. The average molecular weight is 470 g/mol. The van der Waals surface area contributed by atoms with Crippen LogP contribution in [0.1, 0.15) is 41.5 Å². The van der Waals surface area contributed by atoms with Crippen LogP contribution in [0.25, 0.3) is 0 Å². The molecule has 0 spiro atoms. The number of nitrogens with one attached hydrogen (secondary N) is 1. The highest BCUT2D eigenvalue weighted by Crippen LogP contribution is 2.45. The topological polar surface area (TPSA) is 78.3 Å². The maximum Gasteiger partial charge on any atom is 0.416 e. The molecule has 3 aromatic rings. The fourth-order valence-corrected chi connectivity index (χ4v) is 4.66. The number of carbonyl (C=O) groups is 1. The van der Waals surface area contributed by atoms with Crippen LogP contribution in [0.3, 0.4) is 0 Å². The van der Waals surface area contributed by atoms with E-state index in [1.807, 2.05) is 12.1 Å². The van der Waals surface area contributed by atoms with Crippen LogP contribution >= 0.6 is 0 Å². The molecule has 1 N–H and O–H groups in total. The van der Waals surface area contributed by atoms with Gasteiger partial charge in [-0.2, -0.15) is 23.3 Å². The lowest BCUT2D eigenvalue weighted by Gasteiger charge is -2.35. The Morgan fingerprint density at radius 1 is 1.00 bits per heavy atom. The number of fused-ring (bicyclic) bond motifs is 1. The summed E-state index contributed by atoms with van der Waals surface area (Å²) in [5.74, 6) is 1.40. The number of benzene rings is 2. The summed E-state index contributed by atoms with van der Waals surface area (Å²) in [5, 5.41) is 7.44. The van der Waals surface area contributed by atoms with E-state index in [4.69, 9.17) is 9.47 Å². The predicted molar refractivity (Wildman–Crippen MR) is 117 cm³/mol. The first-order valence-corrected chi connectivity index (χ1v) is 10.6. The van der Waals surface area contributed by atoms with Crippen LogP contribution in [-0.2, 0) is 11.0 Å². The molecule has 0 unspecified atom stereocenters. The molecule has 0 fully saturated rings. The van der Waals surface area contributed by atoms with Crippen molar-refractivity contribution in [2.75, 3.05) is 19.5 Å². The van der Waals surface area contributed by atoms with Crippen molar-refractivity contribution in [1.82, 2.24) is 14.8 Å². The molecule has 0 amide bonds. The predicted octanol–water partition coefficient (Wildman–Crippen LogP) is 4.73. The van der Waals surface area contributed by atoms with Crippen molar-refractivity contribution in [3.63, 3.8) is 0 Å². The number of ether oxygens (including phenoxy) is 2. The molecule has 176 valence electrons. The second kappa shape index (κ2) is 8.19. The maximum absolute atomic E-state index is 13.4. The molecule has 7 nitrogen and oxygen atoms in total. The standard InChI is InChI=1S/C24H21F3N4O3/c1-33-19-8-5-14(11-20(19)34-2)15-9-17-21(18(32)10-15)22(31-23(30-17)28-12-29-31)13-3-6-16(7-4-13)24(25,26)27/h3-8,11-12,15,22H,9-10H2,1-2H3,(H,28,29,30)/t15-,22+/m0/s1. The van der Waals surface area contributed by atoms with Crippen molar-refractivity contribution in [3.8, 4) is 11.5 Å². The van der Waals surface area contributed by atoms with Gasteiger partial charge in [0.1, 0.15) is 12.4 Å². The second-order valence-corrected chi connectivity index (χ2v) is 8.21. The number of allylic oxidation sites excluding steroid dienone is 2. The quantitative estimate of drug-likeness (QED) is 0.594. The van der Waals surface area contributed by atoms with Gasteiger partial charge in [-0.3, -0.25) is 4.79 Å². The molecule has 1 aliphatic carbocycles. The number of rotatable bonds is 4. The van der Waals surface area contributed by atoms with E-state index in [9.17, 15) is 18.0 Å². The largest absolute Gasteiger partial charge is 0.493 e. The van der Waals surface area contributed by atoms with E-state index in [0.717, 1.165) is 17.7 Å². The van der Waals surface area contributed by atoms with Crippen molar-refractivity contribution in [1.29, 1.82) is 0 Å². The van der Waals surface area contributed by atoms with Gasteiger partial charge in [-0.15, -0.1) is 0 Å². The van der Waals surface area contributed by atoms with Crippen LogP contribution < -0.4 is 14.8 Å². The molecule has 10 heteroatoms. The van der Waals surface area contributed by atoms with Crippen LogP contribution in [0.2, 0.25) is 0 Å². The van der Waals surface area contributed by atoms with E-state index in [1.54, 1.807) is 20.3 Å². The molecule has 1 aromatic heterocycles. The molecule has 2 aliphatic rings. The van der Waals surface area contributed by atoms with Gasteiger partial charge in [-0.05, 0) is 47.7 Å². The van der Waals surface area contributed by atoms with Crippen LogP contribution in [0.5, 0.6) is 11.5 Å². The van der Waals surface area contributed by atoms with Gasteiger partial charge in [0, 0.05) is 17.7 Å². The first-order valence-electron chi connectivity index (χ1n) is 10.6. The number of aromatic nitrogens is 3. The fourth-order valence-electron chi connectivity index (χ4n) is 4.66. The third kappa shape index (κ3) is 3.68. The molecule has 2 aromatic carbocycles. The lowest BCUT2D eigenvalue weighted by molar-refractivity contribution is -0.137. The Labute approximate surface area is 193 Å². The Balaban J connectivity index is 1.53. The molecular weight excluding hydrogens is 449 g/mol. The molecular formula is C24H21F3N4O3. The molecule has 0 saturated heterocycles. The SMILES string of the molecule is COc1ccc([C@@H]2CC(=O)C3=C(C2)Nc2ncnn2[C@@H]3c2ccc(C(F)(F)F)cc2)cc1OC. The zero-order valence-corrected chi connectivity index (χ0v) is 18.4. The van der Waals surface area contributed by atoms with E-state index >= 15 is 0 Å². The summed E-state index contributed by atoms with van der Waals surface area (Å²) in [5.41, 5.74) is 1.90. The van der Waals surface area contributed by atoms with Gasteiger partial charge in [0.2, 0.25) is 5.95 Å². The Kier molecular flexibility index (Phi) is 5.30. The summed E-state index contributed by atoms with van der Waals surface area (Å²) < 4.78 is 51.5. The molecule has 34 heavy (non-hydrogen) atoms. The molecule has 2 atom stereocenters.